The van der Waals surface area contributed by atoms with Gasteiger partial charge in [0.25, 0.3) is 5.91 Å². The molecule has 0 radical (unpaired) electrons. The Morgan fingerprint density at radius 3 is 2.81 bits per heavy atom. The Bertz CT molecular complexity index is 1050. The number of benzene rings is 1. The number of hydrogen-bond donors (Lipinski definition) is 0. The Hall–Kier alpha value is -2.64. The zero-order valence-electron chi connectivity index (χ0n) is 14.0. The summed E-state index contributed by atoms with van der Waals surface area (Å²) in [6.45, 7) is 3.93. The molecule has 1 amide bonds. The van der Waals surface area contributed by atoms with Crippen molar-refractivity contribution in [1.29, 1.82) is 0 Å². The van der Waals surface area contributed by atoms with E-state index in [1.54, 1.807) is 31.4 Å². The lowest BCUT2D eigenvalue weighted by Crippen LogP contribution is -2.30. The molecule has 0 aliphatic carbocycles. The van der Waals surface area contributed by atoms with Crippen molar-refractivity contribution in [2.45, 2.75) is 20.4 Å². The van der Waals surface area contributed by atoms with E-state index >= 15 is 0 Å². The number of hydrogen-bond acceptors (Lipinski definition) is 6. The minimum Gasteiger partial charge on any atom is -0.467 e. The smallest absolute Gasteiger partial charge is 0.282 e. The number of anilines is 1. The molecular formula is C18H14ClN3O3S. The van der Waals surface area contributed by atoms with Gasteiger partial charge in [0.15, 0.2) is 10.8 Å². The number of amides is 1. The highest BCUT2D eigenvalue weighted by molar-refractivity contribution is 7.23. The second kappa shape index (κ2) is 6.59. The molecule has 132 valence electrons. The molecule has 0 saturated carbocycles. The van der Waals surface area contributed by atoms with Gasteiger partial charge in [-0.25, -0.2) is 4.98 Å². The van der Waals surface area contributed by atoms with Crippen molar-refractivity contribution in [3.63, 3.8) is 0 Å². The van der Waals surface area contributed by atoms with E-state index in [4.69, 9.17) is 20.5 Å². The van der Waals surface area contributed by atoms with Crippen LogP contribution in [0.3, 0.4) is 0 Å². The molecule has 4 rings (SSSR count). The zero-order valence-corrected chi connectivity index (χ0v) is 15.6. The van der Waals surface area contributed by atoms with Crippen LogP contribution in [0.4, 0.5) is 5.13 Å². The standard InChI is InChI=1S/C18H14ClN3O3S/c1-10-5-6-13(19)16-15(10)20-18(26-16)22(9-12-4-3-7-24-12)17(23)14-8-11(2)25-21-14/h3-8H,9H2,1-2H3. The van der Waals surface area contributed by atoms with Crippen molar-refractivity contribution in [3.8, 4) is 0 Å². The number of fused-ring (bicyclic) bond motifs is 1. The Kier molecular flexibility index (Phi) is 4.26. The molecule has 0 saturated heterocycles. The fourth-order valence-electron chi connectivity index (χ4n) is 2.60. The van der Waals surface area contributed by atoms with Crippen molar-refractivity contribution in [1.82, 2.24) is 10.1 Å². The summed E-state index contributed by atoms with van der Waals surface area (Å²) in [6.07, 6.45) is 1.57. The molecule has 0 N–H and O–H groups in total. The number of rotatable bonds is 4. The topological polar surface area (TPSA) is 72.4 Å². The summed E-state index contributed by atoms with van der Waals surface area (Å²) in [7, 11) is 0. The van der Waals surface area contributed by atoms with Gasteiger partial charge in [0.2, 0.25) is 0 Å². The van der Waals surface area contributed by atoms with Gasteiger partial charge in [-0.05, 0) is 37.6 Å². The van der Waals surface area contributed by atoms with E-state index in [0.29, 0.717) is 21.7 Å². The summed E-state index contributed by atoms with van der Waals surface area (Å²) >= 11 is 7.67. The minimum absolute atomic E-state index is 0.219. The van der Waals surface area contributed by atoms with Crippen LogP contribution in [-0.2, 0) is 6.54 Å². The van der Waals surface area contributed by atoms with Gasteiger partial charge in [0, 0.05) is 6.07 Å². The van der Waals surface area contributed by atoms with Gasteiger partial charge in [-0.1, -0.05) is 34.2 Å². The number of carbonyl (C=O) groups is 1. The minimum atomic E-state index is -0.314. The lowest BCUT2D eigenvalue weighted by molar-refractivity contribution is 0.0974. The molecular weight excluding hydrogens is 374 g/mol. The molecule has 8 heteroatoms. The van der Waals surface area contributed by atoms with Crippen molar-refractivity contribution < 1.29 is 13.7 Å². The van der Waals surface area contributed by atoms with Crippen molar-refractivity contribution in [2.24, 2.45) is 0 Å². The lowest BCUT2D eigenvalue weighted by atomic mass is 10.2. The zero-order chi connectivity index (χ0) is 18.3. The molecule has 0 fully saturated rings. The molecule has 4 aromatic rings. The molecule has 0 atom stereocenters. The maximum atomic E-state index is 13.0. The number of furan rings is 1. The number of aryl methyl sites for hydroxylation is 2. The third kappa shape index (κ3) is 3.00. The lowest BCUT2D eigenvalue weighted by Gasteiger charge is -2.17. The Morgan fingerprint density at radius 2 is 2.15 bits per heavy atom. The van der Waals surface area contributed by atoms with Gasteiger partial charge < -0.3 is 8.94 Å². The van der Waals surface area contributed by atoms with Gasteiger partial charge in [-0.3, -0.25) is 9.69 Å². The summed E-state index contributed by atoms with van der Waals surface area (Å²) in [5.74, 6) is 0.890. The van der Waals surface area contributed by atoms with E-state index in [2.05, 4.69) is 10.1 Å². The van der Waals surface area contributed by atoms with Crippen LogP contribution in [0.25, 0.3) is 10.2 Å². The summed E-state index contributed by atoms with van der Waals surface area (Å²) in [4.78, 5) is 19.2. The first-order valence-electron chi connectivity index (χ1n) is 7.86. The van der Waals surface area contributed by atoms with E-state index in [1.807, 2.05) is 19.1 Å². The number of aromatic nitrogens is 2. The van der Waals surface area contributed by atoms with Crippen LogP contribution in [0.2, 0.25) is 5.02 Å². The molecule has 0 bridgehead atoms. The van der Waals surface area contributed by atoms with Gasteiger partial charge >= 0.3 is 0 Å². The molecule has 6 nitrogen and oxygen atoms in total. The van der Waals surface area contributed by atoms with Gasteiger partial charge in [-0.2, -0.15) is 0 Å². The normalized spacial score (nSPS) is 11.2. The number of thiazole rings is 1. The monoisotopic (exact) mass is 387 g/mol. The fraction of sp³-hybridized carbons (Fsp3) is 0.167. The van der Waals surface area contributed by atoms with Gasteiger partial charge in [-0.15, -0.1) is 0 Å². The van der Waals surface area contributed by atoms with Crippen LogP contribution in [0.1, 0.15) is 27.6 Å². The largest absolute Gasteiger partial charge is 0.467 e. The molecule has 26 heavy (non-hydrogen) atoms. The average Bonchev–Trinajstić information content (AvgIpc) is 3.35. The Labute approximate surface area is 158 Å². The van der Waals surface area contributed by atoms with Crippen LogP contribution in [-0.4, -0.2) is 16.0 Å². The fourth-order valence-corrected chi connectivity index (χ4v) is 3.91. The summed E-state index contributed by atoms with van der Waals surface area (Å²) in [6, 6.07) is 8.93. The Balaban J connectivity index is 1.81. The first kappa shape index (κ1) is 16.8. The molecule has 0 spiro atoms. The number of halogens is 1. The SMILES string of the molecule is Cc1cc(C(=O)N(Cc2ccco2)c2nc3c(C)ccc(Cl)c3s2)no1. The number of nitrogens with zero attached hydrogens (tertiary/aromatic N) is 3. The van der Waals surface area contributed by atoms with E-state index in [1.165, 1.54) is 16.2 Å². The van der Waals surface area contributed by atoms with Crippen LogP contribution in [0.5, 0.6) is 0 Å². The first-order chi connectivity index (χ1) is 12.5. The van der Waals surface area contributed by atoms with Crippen LogP contribution >= 0.6 is 22.9 Å². The molecule has 3 heterocycles. The van der Waals surface area contributed by atoms with Crippen molar-refractivity contribution in [2.75, 3.05) is 4.90 Å². The van der Waals surface area contributed by atoms with Crippen LogP contribution in [0, 0.1) is 13.8 Å². The van der Waals surface area contributed by atoms with Crippen molar-refractivity contribution >= 4 is 44.2 Å². The van der Waals surface area contributed by atoms with Crippen LogP contribution < -0.4 is 4.90 Å². The van der Waals surface area contributed by atoms with Gasteiger partial charge in [0.1, 0.15) is 11.5 Å². The second-order valence-electron chi connectivity index (χ2n) is 5.83. The summed E-state index contributed by atoms with van der Waals surface area (Å²) in [5.41, 5.74) is 2.00. The van der Waals surface area contributed by atoms with E-state index < -0.39 is 0 Å². The highest BCUT2D eigenvalue weighted by Crippen LogP contribution is 2.36. The Morgan fingerprint density at radius 1 is 1.31 bits per heavy atom. The van der Waals surface area contributed by atoms with Crippen molar-refractivity contribution in [3.05, 3.63) is 64.4 Å². The summed E-state index contributed by atoms with van der Waals surface area (Å²) < 4.78 is 11.3. The molecule has 0 unspecified atom stereocenters. The highest BCUT2D eigenvalue weighted by atomic mass is 35.5. The predicted octanol–water partition coefficient (Wildman–Crippen LogP) is 4.99. The third-order valence-corrected chi connectivity index (χ3v) is 5.44. The predicted molar refractivity (Wildman–Crippen MR) is 99.8 cm³/mol. The van der Waals surface area contributed by atoms with Gasteiger partial charge in [0.05, 0.1) is 28.0 Å². The molecule has 3 aromatic heterocycles. The summed E-state index contributed by atoms with van der Waals surface area (Å²) in [5, 5.41) is 4.97. The quantitative estimate of drug-likeness (QED) is 0.493. The van der Waals surface area contributed by atoms with Crippen LogP contribution in [0.15, 0.2) is 45.5 Å². The second-order valence-corrected chi connectivity index (χ2v) is 7.22. The molecule has 1 aromatic carbocycles. The highest BCUT2D eigenvalue weighted by Gasteiger charge is 2.26. The van der Waals surface area contributed by atoms with E-state index in [9.17, 15) is 4.79 Å². The number of carbonyl (C=O) groups excluding carboxylic acids is 1. The average molecular weight is 388 g/mol. The first-order valence-corrected chi connectivity index (χ1v) is 9.05. The maximum absolute atomic E-state index is 13.0. The van der Waals surface area contributed by atoms with E-state index in [-0.39, 0.29) is 18.1 Å². The molecule has 0 aliphatic heterocycles. The maximum Gasteiger partial charge on any atom is 0.282 e. The van der Waals surface area contributed by atoms with E-state index in [0.717, 1.165) is 15.8 Å². The molecule has 0 aliphatic rings. The third-order valence-electron chi connectivity index (χ3n) is 3.90.